The molecule has 0 bridgehead atoms. The van der Waals surface area contributed by atoms with E-state index in [1.54, 1.807) is 7.11 Å². The van der Waals surface area contributed by atoms with Crippen LogP contribution in [0.1, 0.15) is 37.8 Å². The minimum atomic E-state index is 0.130. The second kappa shape index (κ2) is 6.94. The summed E-state index contributed by atoms with van der Waals surface area (Å²) in [6, 6.07) is 6.79. The first-order valence-electron chi connectivity index (χ1n) is 7.68. The number of piperazine rings is 1. The summed E-state index contributed by atoms with van der Waals surface area (Å²) in [5, 5.41) is 2.87. The molecule has 0 radical (unpaired) electrons. The van der Waals surface area contributed by atoms with Gasteiger partial charge < -0.3 is 10.1 Å². The fourth-order valence-corrected chi connectivity index (χ4v) is 2.87. The molecule has 4 nitrogen and oxygen atoms in total. The molecule has 0 aromatic heterocycles. The number of methoxy groups -OCH3 is 1. The molecule has 1 atom stereocenters. The van der Waals surface area contributed by atoms with Crippen LogP contribution < -0.4 is 10.1 Å². The molecule has 1 saturated heterocycles. The largest absolute Gasteiger partial charge is 0.496 e. The average molecular weight is 290 g/mol. The first-order chi connectivity index (χ1) is 10.0. The second-order valence-electron chi connectivity index (χ2n) is 6.10. The fourth-order valence-electron chi connectivity index (χ4n) is 2.87. The molecule has 1 amide bonds. The third-order valence-electron chi connectivity index (χ3n) is 4.14. The fraction of sp³-hybridized carbons (Fsp3) is 0.588. The van der Waals surface area contributed by atoms with Gasteiger partial charge in [-0.1, -0.05) is 26.0 Å². The lowest BCUT2D eigenvalue weighted by Gasteiger charge is -2.32. The number of ether oxygens (including phenoxy) is 1. The van der Waals surface area contributed by atoms with Gasteiger partial charge in [0, 0.05) is 19.1 Å². The van der Waals surface area contributed by atoms with E-state index in [-0.39, 0.29) is 5.91 Å². The Morgan fingerprint density at radius 2 is 2.10 bits per heavy atom. The van der Waals surface area contributed by atoms with Crippen molar-refractivity contribution in [3.8, 4) is 5.75 Å². The van der Waals surface area contributed by atoms with E-state index < -0.39 is 0 Å². The van der Waals surface area contributed by atoms with Crippen molar-refractivity contribution in [2.24, 2.45) is 0 Å². The highest BCUT2D eigenvalue weighted by Crippen LogP contribution is 2.28. The van der Waals surface area contributed by atoms with E-state index >= 15 is 0 Å². The van der Waals surface area contributed by atoms with Gasteiger partial charge in [-0.25, -0.2) is 0 Å². The van der Waals surface area contributed by atoms with Crippen LogP contribution in [0.15, 0.2) is 18.2 Å². The summed E-state index contributed by atoms with van der Waals surface area (Å²) in [6.07, 6.45) is 0.955. The lowest BCUT2D eigenvalue weighted by molar-refractivity contribution is -0.124. The van der Waals surface area contributed by atoms with Crippen molar-refractivity contribution < 1.29 is 9.53 Å². The van der Waals surface area contributed by atoms with Crippen molar-refractivity contribution in [3.05, 3.63) is 29.3 Å². The lowest BCUT2D eigenvalue weighted by Crippen LogP contribution is -2.51. The normalized spacial score (nSPS) is 17.7. The number of nitrogens with zero attached hydrogens (tertiary/aromatic N) is 1. The van der Waals surface area contributed by atoms with Gasteiger partial charge in [0.05, 0.1) is 13.7 Å². The molecule has 1 fully saturated rings. The van der Waals surface area contributed by atoms with Crippen LogP contribution in [0, 0.1) is 0 Å². The van der Waals surface area contributed by atoms with Gasteiger partial charge in [-0.2, -0.15) is 0 Å². The molecule has 1 aromatic carbocycles. The molecule has 0 aliphatic carbocycles. The molecule has 1 aliphatic rings. The van der Waals surface area contributed by atoms with Gasteiger partial charge in [0.15, 0.2) is 0 Å². The second-order valence-corrected chi connectivity index (χ2v) is 6.10. The molecule has 21 heavy (non-hydrogen) atoms. The molecule has 0 saturated carbocycles. The Morgan fingerprint density at radius 1 is 1.33 bits per heavy atom. The van der Waals surface area contributed by atoms with Crippen LogP contribution in [-0.4, -0.2) is 43.6 Å². The summed E-state index contributed by atoms with van der Waals surface area (Å²) in [5.41, 5.74) is 2.55. The quantitative estimate of drug-likeness (QED) is 0.904. The van der Waals surface area contributed by atoms with Crippen LogP contribution in [0.25, 0.3) is 0 Å². The topological polar surface area (TPSA) is 41.6 Å². The summed E-state index contributed by atoms with van der Waals surface area (Å²) in [4.78, 5) is 13.7. The van der Waals surface area contributed by atoms with Crippen molar-refractivity contribution in [1.82, 2.24) is 10.2 Å². The molecule has 1 N–H and O–H groups in total. The van der Waals surface area contributed by atoms with Crippen molar-refractivity contribution in [2.75, 3.05) is 26.7 Å². The van der Waals surface area contributed by atoms with Gasteiger partial charge in [0.25, 0.3) is 0 Å². The minimum Gasteiger partial charge on any atom is -0.496 e. The Bertz CT molecular complexity index is 500. The SMILES string of the molecule is COc1ccc(CC(C)N2CCNC(=O)C2)cc1C(C)C. The van der Waals surface area contributed by atoms with Gasteiger partial charge >= 0.3 is 0 Å². The molecule has 4 heteroatoms. The zero-order valence-electron chi connectivity index (χ0n) is 13.5. The molecule has 116 valence electrons. The standard InChI is InChI=1S/C17H26N2O2/c1-12(2)15-10-14(5-6-16(15)21-4)9-13(3)19-8-7-18-17(20)11-19/h5-6,10,12-13H,7-9,11H2,1-4H3,(H,18,20). The number of amides is 1. The number of hydrogen-bond donors (Lipinski definition) is 1. The number of benzene rings is 1. The Labute approximate surface area is 127 Å². The van der Waals surface area contributed by atoms with Crippen LogP contribution in [0.2, 0.25) is 0 Å². The molecule has 1 aliphatic heterocycles. The predicted molar refractivity (Wildman–Crippen MR) is 84.8 cm³/mol. The highest BCUT2D eigenvalue weighted by atomic mass is 16.5. The molecule has 1 aromatic rings. The molecule has 1 heterocycles. The van der Waals surface area contributed by atoms with E-state index in [0.29, 0.717) is 18.5 Å². The summed E-state index contributed by atoms with van der Waals surface area (Å²) < 4.78 is 5.43. The van der Waals surface area contributed by atoms with E-state index in [1.807, 2.05) is 0 Å². The van der Waals surface area contributed by atoms with Crippen molar-refractivity contribution in [2.45, 2.75) is 39.2 Å². The summed E-state index contributed by atoms with van der Waals surface area (Å²) in [7, 11) is 1.72. The number of rotatable bonds is 5. The van der Waals surface area contributed by atoms with Crippen LogP contribution in [0.3, 0.4) is 0 Å². The molecule has 2 rings (SSSR count). The Kier molecular flexibility index (Phi) is 5.23. The van der Waals surface area contributed by atoms with Gasteiger partial charge in [-0.15, -0.1) is 0 Å². The molecular weight excluding hydrogens is 264 g/mol. The van der Waals surface area contributed by atoms with Crippen molar-refractivity contribution in [3.63, 3.8) is 0 Å². The first kappa shape index (κ1) is 15.8. The summed E-state index contributed by atoms with van der Waals surface area (Å²) >= 11 is 0. The third kappa shape index (κ3) is 3.97. The van der Waals surface area contributed by atoms with E-state index in [9.17, 15) is 4.79 Å². The van der Waals surface area contributed by atoms with Crippen molar-refractivity contribution in [1.29, 1.82) is 0 Å². The maximum atomic E-state index is 11.5. The molecular formula is C17H26N2O2. The number of carbonyl (C=O) groups is 1. The Balaban J connectivity index is 2.08. The van der Waals surface area contributed by atoms with Gasteiger partial charge in [-0.05, 0) is 36.5 Å². The highest BCUT2D eigenvalue weighted by molar-refractivity contribution is 5.78. The summed E-state index contributed by atoms with van der Waals surface area (Å²) in [6.45, 7) is 8.75. The minimum absolute atomic E-state index is 0.130. The maximum Gasteiger partial charge on any atom is 0.234 e. The van der Waals surface area contributed by atoms with Crippen molar-refractivity contribution >= 4 is 5.91 Å². The van der Waals surface area contributed by atoms with Crippen LogP contribution in [-0.2, 0) is 11.2 Å². The zero-order chi connectivity index (χ0) is 15.4. The lowest BCUT2D eigenvalue weighted by atomic mass is 9.96. The molecule has 1 unspecified atom stereocenters. The van der Waals surface area contributed by atoms with E-state index in [0.717, 1.165) is 25.3 Å². The Hall–Kier alpha value is -1.55. The zero-order valence-corrected chi connectivity index (χ0v) is 13.5. The van der Waals surface area contributed by atoms with E-state index in [2.05, 4.69) is 49.2 Å². The third-order valence-corrected chi connectivity index (χ3v) is 4.14. The average Bonchev–Trinajstić information content (AvgIpc) is 2.47. The maximum absolute atomic E-state index is 11.5. The Morgan fingerprint density at radius 3 is 2.71 bits per heavy atom. The predicted octanol–water partition coefficient (Wildman–Crippen LogP) is 2.18. The summed E-state index contributed by atoms with van der Waals surface area (Å²) in [5.74, 6) is 1.53. The first-order valence-corrected chi connectivity index (χ1v) is 7.68. The van der Waals surface area contributed by atoms with Crippen LogP contribution in [0.4, 0.5) is 0 Å². The van der Waals surface area contributed by atoms with Gasteiger partial charge in [-0.3, -0.25) is 9.69 Å². The molecule has 0 spiro atoms. The van der Waals surface area contributed by atoms with E-state index in [4.69, 9.17) is 4.74 Å². The van der Waals surface area contributed by atoms with Crippen LogP contribution in [0.5, 0.6) is 5.75 Å². The van der Waals surface area contributed by atoms with Crippen LogP contribution >= 0.6 is 0 Å². The number of nitrogens with one attached hydrogen (secondary N) is 1. The monoisotopic (exact) mass is 290 g/mol. The smallest absolute Gasteiger partial charge is 0.234 e. The highest BCUT2D eigenvalue weighted by Gasteiger charge is 2.21. The number of carbonyl (C=O) groups excluding carboxylic acids is 1. The van der Waals surface area contributed by atoms with E-state index in [1.165, 1.54) is 11.1 Å². The van der Waals surface area contributed by atoms with Gasteiger partial charge in [0.2, 0.25) is 5.91 Å². The van der Waals surface area contributed by atoms with Gasteiger partial charge in [0.1, 0.15) is 5.75 Å². The number of hydrogen-bond acceptors (Lipinski definition) is 3.